The van der Waals surface area contributed by atoms with E-state index in [1.165, 1.54) is 6.33 Å². The molecule has 0 spiro atoms. The van der Waals surface area contributed by atoms with E-state index in [-0.39, 0.29) is 0 Å². The Kier molecular flexibility index (Phi) is 1.33. The second-order valence-electron chi connectivity index (χ2n) is 3.04. The second-order valence-corrected chi connectivity index (χ2v) is 3.87. The molecule has 3 aromatic rings. The first-order chi connectivity index (χ1) is 6.77. The van der Waals surface area contributed by atoms with Gasteiger partial charge in [0.25, 0.3) is 0 Å². The van der Waals surface area contributed by atoms with Gasteiger partial charge < -0.3 is 5.73 Å². The van der Waals surface area contributed by atoms with Gasteiger partial charge >= 0.3 is 0 Å². The van der Waals surface area contributed by atoms with Crippen LogP contribution in [0.1, 0.15) is 5.69 Å². The Bertz CT molecular complexity index is 619. The third-order valence-corrected chi connectivity index (χ3v) is 3.07. The van der Waals surface area contributed by atoms with Crippen molar-refractivity contribution >= 4 is 33.3 Å². The highest BCUT2D eigenvalue weighted by molar-refractivity contribution is 7.15. The molecule has 0 aliphatic heterocycles. The molecule has 0 bridgehead atoms. The lowest BCUT2D eigenvalue weighted by molar-refractivity contribution is 1.12. The summed E-state index contributed by atoms with van der Waals surface area (Å²) < 4.78 is 1.98. The quantitative estimate of drug-likeness (QED) is 0.599. The van der Waals surface area contributed by atoms with Gasteiger partial charge in [0.2, 0.25) is 0 Å². The topological polar surface area (TPSA) is 69.1 Å². The van der Waals surface area contributed by atoms with Gasteiger partial charge in [-0.15, -0.1) is 11.3 Å². The minimum atomic E-state index is 0.435. The summed E-state index contributed by atoms with van der Waals surface area (Å²) >= 11 is 1.58. The Morgan fingerprint density at radius 1 is 1.43 bits per heavy atom. The van der Waals surface area contributed by atoms with E-state index in [0.29, 0.717) is 11.3 Å². The van der Waals surface area contributed by atoms with Crippen LogP contribution >= 0.6 is 11.3 Å². The van der Waals surface area contributed by atoms with Crippen molar-refractivity contribution in [3.05, 3.63) is 17.4 Å². The summed E-state index contributed by atoms with van der Waals surface area (Å²) in [5.74, 6) is 0.435. The largest absolute Gasteiger partial charge is 0.382 e. The molecule has 3 rings (SSSR count). The highest BCUT2D eigenvalue weighted by Crippen LogP contribution is 2.23. The van der Waals surface area contributed by atoms with Crippen molar-refractivity contribution in [3.63, 3.8) is 0 Å². The van der Waals surface area contributed by atoms with E-state index in [1.807, 2.05) is 16.7 Å². The van der Waals surface area contributed by atoms with Gasteiger partial charge in [-0.25, -0.2) is 15.0 Å². The number of hydrogen-bond acceptors (Lipinski definition) is 5. The summed E-state index contributed by atoms with van der Waals surface area (Å²) in [5.41, 5.74) is 8.29. The molecule has 0 atom stereocenters. The normalized spacial score (nSPS) is 11.5. The van der Waals surface area contributed by atoms with Gasteiger partial charge in [0.05, 0.1) is 0 Å². The summed E-state index contributed by atoms with van der Waals surface area (Å²) in [6.45, 7) is 2.02. The number of nitrogen functional groups attached to an aromatic ring is 1. The average molecular weight is 205 g/mol. The minimum absolute atomic E-state index is 0.435. The average Bonchev–Trinajstić information content (AvgIpc) is 2.68. The number of thiazole rings is 1. The Labute approximate surface area is 83.2 Å². The van der Waals surface area contributed by atoms with Crippen molar-refractivity contribution in [1.29, 1.82) is 0 Å². The van der Waals surface area contributed by atoms with Gasteiger partial charge in [-0.3, -0.25) is 4.40 Å². The van der Waals surface area contributed by atoms with E-state index in [4.69, 9.17) is 5.73 Å². The molecule has 0 fully saturated rings. The van der Waals surface area contributed by atoms with E-state index >= 15 is 0 Å². The molecule has 0 saturated heterocycles. The third-order valence-electron chi connectivity index (χ3n) is 2.13. The molecule has 0 saturated carbocycles. The van der Waals surface area contributed by atoms with Crippen LogP contribution in [0.3, 0.4) is 0 Å². The van der Waals surface area contributed by atoms with Crippen molar-refractivity contribution in [1.82, 2.24) is 19.4 Å². The smallest absolute Gasteiger partial charge is 0.196 e. The minimum Gasteiger partial charge on any atom is -0.382 e. The Morgan fingerprint density at radius 3 is 3.14 bits per heavy atom. The van der Waals surface area contributed by atoms with Crippen molar-refractivity contribution in [2.24, 2.45) is 0 Å². The fraction of sp³-hybridized carbons (Fsp3) is 0.125. The fourth-order valence-electron chi connectivity index (χ4n) is 1.48. The first kappa shape index (κ1) is 7.69. The standard InChI is InChI=1S/C8H7N5S/c1-4-2-14-8-12-5-6(9)10-3-11-7(5)13(4)8/h2-3H,1H3,(H2,9,10,11). The molecule has 0 unspecified atom stereocenters. The number of fused-ring (bicyclic) bond motifs is 3. The molecule has 0 amide bonds. The van der Waals surface area contributed by atoms with Crippen LogP contribution in [0.2, 0.25) is 0 Å². The second kappa shape index (κ2) is 2.42. The predicted octanol–water partition coefficient (Wildman–Crippen LogP) is 1.23. The Morgan fingerprint density at radius 2 is 2.29 bits per heavy atom. The van der Waals surface area contributed by atoms with Crippen LogP contribution in [-0.4, -0.2) is 19.4 Å². The van der Waals surface area contributed by atoms with Crippen molar-refractivity contribution < 1.29 is 0 Å². The van der Waals surface area contributed by atoms with Crippen LogP contribution in [0, 0.1) is 6.92 Å². The van der Waals surface area contributed by atoms with Gasteiger partial charge in [-0.2, -0.15) is 0 Å². The zero-order chi connectivity index (χ0) is 9.71. The number of nitrogens with zero attached hydrogens (tertiary/aromatic N) is 4. The Hall–Kier alpha value is -1.69. The van der Waals surface area contributed by atoms with Crippen LogP contribution in [-0.2, 0) is 0 Å². The molecule has 0 aromatic carbocycles. The summed E-state index contributed by atoms with van der Waals surface area (Å²) in [5, 5.41) is 2.04. The molecule has 5 nitrogen and oxygen atoms in total. The van der Waals surface area contributed by atoms with Crippen molar-refractivity contribution in [2.45, 2.75) is 6.92 Å². The summed E-state index contributed by atoms with van der Waals surface area (Å²) in [7, 11) is 0. The monoisotopic (exact) mass is 205 g/mol. The van der Waals surface area contributed by atoms with E-state index in [9.17, 15) is 0 Å². The molecule has 70 valence electrons. The van der Waals surface area contributed by atoms with E-state index in [0.717, 1.165) is 16.3 Å². The molecule has 3 aromatic heterocycles. The summed E-state index contributed by atoms with van der Waals surface area (Å²) in [6, 6.07) is 0. The lowest BCUT2D eigenvalue weighted by atomic mass is 10.5. The SMILES string of the molecule is Cc1csc2nc3c(N)ncnc3n12. The number of aromatic nitrogens is 4. The maximum atomic E-state index is 5.71. The van der Waals surface area contributed by atoms with Gasteiger partial charge in [0.1, 0.15) is 6.33 Å². The molecule has 0 aliphatic rings. The predicted molar refractivity (Wildman–Crippen MR) is 55.3 cm³/mol. The summed E-state index contributed by atoms with van der Waals surface area (Å²) in [6.07, 6.45) is 1.46. The number of nitrogens with two attached hydrogens (primary N) is 1. The van der Waals surface area contributed by atoms with Crippen LogP contribution in [0.4, 0.5) is 5.82 Å². The zero-order valence-electron chi connectivity index (χ0n) is 7.43. The summed E-state index contributed by atoms with van der Waals surface area (Å²) in [4.78, 5) is 13.4. The van der Waals surface area contributed by atoms with Crippen LogP contribution in [0.25, 0.3) is 16.1 Å². The Balaban J connectivity index is 2.65. The number of aryl methyl sites for hydroxylation is 1. The highest BCUT2D eigenvalue weighted by Gasteiger charge is 2.11. The third kappa shape index (κ3) is 0.805. The van der Waals surface area contributed by atoms with Crippen LogP contribution < -0.4 is 5.73 Å². The van der Waals surface area contributed by atoms with Crippen molar-refractivity contribution in [2.75, 3.05) is 5.73 Å². The van der Waals surface area contributed by atoms with Gasteiger partial charge in [-0.1, -0.05) is 0 Å². The molecule has 2 N–H and O–H groups in total. The molecule has 3 heterocycles. The lowest BCUT2D eigenvalue weighted by Crippen LogP contribution is -1.93. The maximum absolute atomic E-state index is 5.71. The zero-order valence-corrected chi connectivity index (χ0v) is 8.25. The highest BCUT2D eigenvalue weighted by atomic mass is 32.1. The number of rotatable bonds is 0. The number of imidazole rings is 1. The fourth-order valence-corrected chi connectivity index (χ4v) is 2.34. The van der Waals surface area contributed by atoms with E-state index in [2.05, 4.69) is 15.0 Å². The van der Waals surface area contributed by atoms with Gasteiger partial charge in [-0.05, 0) is 6.92 Å². The van der Waals surface area contributed by atoms with Crippen LogP contribution in [0.15, 0.2) is 11.7 Å². The van der Waals surface area contributed by atoms with Crippen LogP contribution in [0.5, 0.6) is 0 Å². The molecular weight excluding hydrogens is 198 g/mol. The number of anilines is 1. The first-order valence-corrected chi connectivity index (χ1v) is 4.98. The van der Waals surface area contributed by atoms with Gasteiger partial charge in [0.15, 0.2) is 21.9 Å². The molecule has 0 aliphatic carbocycles. The molecule has 14 heavy (non-hydrogen) atoms. The van der Waals surface area contributed by atoms with E-state index < -0.39 is 0 Å². The molecule has 6 heteroatoms. The maximum Gasteiger partial charge on any atom is 0.196 e. The lowest BCUT2D eigenvalue weighted by Gasteiger charge is -1.93. The first-order valence-electron chi connectivity index (χ1n) is 4.10. The van der Waals surface area contributed by atoms with E-state index in [1.54, 1.807) is 11.3 Å². The molecular formula is C8H7N5S. The number of hydrogen-bond donors (Lipinski definition) is 1. The van der Waals surface area contributed by atoms with Crippen molar-refractivity contribution in [3.8, 4) is 0 Å². The van der Waals surface area contributed by atoms with Gasteiger partial charge in [0, 0.05) is 11.1 Å². The molecule has 0 radical (unpaired) electrons.